The molecule has 0 aromatic heterocycles. The fraction of sp³-hybridized carbons (Fsp3) is 0.208. The number of Topliss-reactive ketones (excluding diaryl/α,β-unsaturated/α-hetero) is 1. The summed E-state index contributed by atoms with van der Waals surface area (Å²) in [6.07, 6.45) is 3.49. The fourth-order valence-corrected chi connectivity index (χ4v) is 3.70. The predicted molar refractivity (Wildman–Crippen MR) is 110 cm³/mol. The van der Waals surface area contributed by atoms with E-state index in [2.05, 4.69) is 30.9 Å². The van der Waals surface area contributed by atoms with Crippen LogP contribution in [0.3, 0.4) is 0 Å². The van der Waals surface area contributed by atoms with E-state index in [-0.39, 0.29) is 16.8 Å². The molecule has 0 amide bonds. The van der Waals surface area contributed by atoms with Gasteiger partial charge in [0.25, 0.3) is 0 Å². The number of ketones is 1. The van der Waals surface area contributed by atoms with Crippen LogP contribution < -0.4 is 4.90 Å². The molecule has 0 fully saturated rings. The monoisotopic (exact) mass is 367 g/mol. The Balaban J connectivity index is 2.09. The minimum atomic E-state index is -1.12. The third-order valence-corrected chi connectivity index (χ3v) is 5.23. The first-order valence-electron chi connectivity index (χ1n) is 9.06. The quantitative estimate of drug-likeness (QED) is 0.576. The van der Waals surface area contributed by atoms with Crippen molar-refractivity contribution >= 4 is 11.5 Å². The standard InChI is InChI=1S/C24H21N3O/c1-24(2)20-11-7-8-12-21(20)27(3)22(24)14-13-19(18(15-25)16-26)23(28)17-9-5-4-6-10-17/h4-14,18H,1-3H3/b19-13+,22-14-. The number of nitrogens with zero attached hydrogens (tertiary/aromatic N) is 3. The molecule has 0 saturated heterocycles. The van der Waals surface area contributed by atoms with Gasteiger partial charge in [0.15, 0.2) is 11.7 Å². The number of hydrogen-bond acceptors (Lipinski definition) is 4. The molecule has 1 aliphatic heterocycles. The van der Waals surface area contributed by atoms with Crippen LogP contribution in [0.1, 0.15) is 29.8 Å². The zero-order chi connectivity index (χ0) is 20.3. The fourth-order valence-electron chi connectivity index (χ4n) is 3.70. The maximum Gasteiger partial charge on any atom is 0.191 e. The molecule has 0 atom stereocenters. The van der Waals surface area contributed by atoms with E-state index in [0.717, 1.165) is 11.4 Å². The van der Waals surface area contributed by atoms with Gasteiger partial charge in [0, 0.05) is 35.0 Å². The highest BCUT2D eigenvalue weighted by Gasteiger charge is 2.37. The lowest BCUT2D eigenvalue weighted by Crippen LogP contribution is -2.22. The van der Waals surface area contributed by atoms with E-state index < -0.39 is 5.92 Å². The minimum absolute atomic E-state index is 0.184. The molecule has 2 aromatic rings. The lowest BCUT2D eigenvalue weighted by molar-refractivity contribution is 0.102. The van der Waals surface area contributed by atoms with Crippen LogP contribution in [-0.2, 0) is 5.41 Å². The largest absolute Gasteiger partial charge is 0.347 e. The van der Waals surface area contributed by atoms with Crippen LogP contribution in [-0.4, -0.2) is 12.8 Å². The van der Waals surface area contributed by atoms with E-state index in [0.29, 0.717) is 5.56 Å². The van der Waals surface area contributed by atoms with Crippen LogP contribution in [0, 0.1) is 28.6 Å². The van der Waals surface area contributed by atoms with Gasteiger partial charge >= 0.3 is 0 Å². The molecule has 138 valence electrons. The average Bonchev–Trinajstić information content (AvgIpc) is 2.91. The minimum Gasteiger partial charge on any atom is -0.347 e. The highest BCUT2D eigenvalue weighted by molar-refractivity contribution is 6.09. The molecule has 28 heavy (non-hydrogen) atoms. The van der Waals surface area contributed by atoms with Crippen molar-refractivity contribution in [1.29, 1.82) is 10.5 Å². The normalized spacial score (nSPS) is 16.6. The lowest BCUT2D eigenvalue weighted by Gasteiger charge is -2.24. The molecule has 4 heteroatoms. The molecular formula is C24H21N3O. The SMILES string of the molecule is CN1/C(=C\C=C(\C(=O)c2ccccc2)C(C#N)C#N)C(C)(C)c2ccccc21. The van der Waals surface area contributed by atoms with Gasteiger partial charge in [0.1, 0.15) is 0 Å². The van der Waals surface area contributed by atoms with Gasteiger partial charge in [-0.25, -0.2) is 0 Å². The Kier molecular flexibility index (Phi) is 5.16. The van der Waals surface area contributed by atoms with E-state index in [9.17, 15) is 15.3 Å². The number of benzene rings is 2. The molecule has 0 radical (unpaired) electrons. The molecule has 4 nitrogen and oxygen atoms in total. The van der Waals surface area contributed by atoms with Gasteiger partial charge in [0.2, 0.25) is 0 Å². The third-order valence-electron chi connectivity index (χ3n) is 5.23. The summed E-state index contributed by atoms with van der Waals surface area (Å²) < 4.78 is 0. The molecule has 1 aliphatic rings. The van der Waals surface area contributed by atoms with Gasteiger partial charge in [-0.15, -0.1) is 0 Å². The summed E-state index contributed by atoms with van der Waals surface area (Å²) in [5, 5.41) is 18.8. The Morgan fingerprint density at radius 2 is 1.64 bits per heavy atom. The smallest absolute Gasteiger partial charge is 0.191 e. The van der Waals surface area contributed by atoms with Crippen LogP contribution in [0.25, 0.3) is 0 Å². The van der Waals surface area contributed by atoms with Crippen LogP contribution in [0.15, 0.2) is 78.0 Å². The summed E-state index contributed by atoms with van der Waals surface area (Å²) in [4.78, 5) is 15.0. The molecule has 1 heterocycles. The zero-order valence-corrected chi connectivity index (χ0v) is 16.2. The van der Waals surface area contributed by atoms with Crippen molar-refractivity contribution in [2.45, 2.75) is 19.3 Å². The number of carbonyl (C=O) groups excluding carboxylic acids is 1. The first-order valence-corrected chi connectivity index (χ1v) is 9.06. The average molecular weight is 367 g/mol. The molecule has 0 aliphatic carbocycles. The molecule has 0 saturated carbocycles. The van der Waals surface area contributed by atoms with Crippen LogP contribution in [0.5, 0.6) is 0 Å². The Bertz CT molecular complexity index is 1040. The summed E-state index contributed by atoms with van der Waals surface area (Å²) in [6, 6.07) is 20.8. The van der Waals surface area contributed by atoms with Crippen molar-refractivity contribution in [2.24, 2.45) is 5.92 Å². The van der Waals surface area contributed by atoms with E-state index in [4.69, 9.17) is 0 Å². The predicted octanol–water partition coefficient (Wildman–Crippen LogP) is 4.77. The summed E-state index contributed by atoms with van der Waals surface area (Å²) >= 11 is 0. The Hall–Kier alpha value is -3.63. The molecular weight excluding hydrogens is 346 g/mol. The molecule has 0 unspecified atom stereocenters. The van der Waals surface area contributed by atoms with E-state index in [1.165, 1.54) is 5.56 Å². The van der Waals surface area contributed by atoms with Gasteiger partial charge in [-0.2, -0.15) is 10.5 Å². The lowest BCUT2D eigenvalue weighted by atomic mass is 9.83. The second kappa shape index (κ2) is 7.55. The summed E-state index contributed by atoms with van der Waals surface area (Å²) in [5.74, 6) is -1.43. The Morgan fingerprint density at radius 1 is 1.04 bits per heavy atom. The second-order valence-electron chi connectivity index (χ2n) is 7.26. The third kappa shape index (κ3) is 3.21. The first-order chi connectivity index (χ1) is 13.4. The molecule has 0 bridgehead atoms. The number of nitriles is 2. The van der Waals surface area contributed by atoms with Crippen molar-refractivity contribution in [2.75, 3.05) is 11.9 Å². The summed E-state index contributed by atoms with van der Waals surface area (Å²) in [5.41, 5.74) is 3.71. The number of anilines is 1. The molecule has 0 spiro atoms. The van der Waals surface area contributed by atoms with E-state index >= 15 is 0 Å². The van der Waals surface area contributed by atoms with Gasteiger partial charge in [-0.3, -0.25) is 4.79 Å². The van der Waals surface area contributed by atoms with E-state index in [1.807, 2.05) is 43.5 Å². The maximum absolute atomic E-state index is 13.0. The zero-order valence-electron chi connectivity index (χ0n) is 16.2. The van der Waals surface area contributed by atoms with Crippen LogP contribution in [0.4, 0.5) is 5.69 Å². The topological polar surface area (TPSA) is 67.9 Å². The maximum atomic E-state index is 13.0. The Morgan fingerprint density at radius 3 is 2.25 bits per heavy atom. The summed E-state index contributed by atoms with van der Waals surface area (Å²) in [7, 11) is 1.98. The van der Waals surface area contributed by atoms with Crippen molar-refractivity contribution < 1.29 is 4.79 Å². The first kappa shape index (κ1) is 19.1. The van der Waals surface area contributed by atoms with Gasteiger partial charge in [0.05, 0.1) is 12.1 Å². The Labute approximate surface area is 165 Å². The van der Waals surface area contributed by atoms with Crippen LogP contribution in [0.2, 0.25) is 0 Å². The highest BCUT2D eigenvalue weighted by atomic mass is 16.1. The molecule has 2 aromatic carbocycles. The number of likely N-dealkylation sites (N-methyl/N-ethyl adjacent to an activating group) is 1. The van der Waals surface area contributed by atoms with Gasteiger partial charge < -0.3 is 4.90 Å². The van der Waals surface area contributed by atoms with Crippen LogP contribution >= 0.6 is 0 Å². The van der Waals surface area contributed by atoms with E-state index in [1.54, 1.807) is 30.3 Å². The van der Waals surface area contributed by atoms with Crippen molar-refractivity contribution in [1.82, 2.24) is 0 Å². The van der Waals surface area contributed by atoms with Crippen molar-refractivity contribution in [3.8, 4) is 12.1 Å². The number of para-hydroxylation sites is 1. The highest BCUT2D eigenvalue weighted by Crippen LogP contribution is 2.46. The second-order valence-corrected chi connectivity index (χ2v) is 7.26. The van der Waals surface area contributed by atoms with Crippen molar-refractivity contribution in [3.05, 3.63) is 89.1 Å². The summed E-state index contributed by atoms with van der Waals surface area (Å²) in [6.45, 7) is 4.25. The number of rotatable bonds is 4. The molecule has 3 rings (SSSR count). The number of hydrogen-bond donors (Lipinski definition) is 0. The molecule has 0 N–H and O–H groups in total. The number of carbonyl (C=O) groups is 1. The van der Waals surface area contributed by atoms with Gasteiger partial charge in [-0.1, -0.05) is 68.5 Å². The number of allylic oxidation sites excluding steroid dienone is 4. The van der Waals surface area contributed by atoms with Crippen molar-refractivity contribution in [3.63, 3.8) is 0 Å². The van der Waals surface area contributed by atoms with Gasteiger partial charge in [-0.05, 0) is 17.7 Å². The number of fused-ring (bicyclic) bond motifs is 1.